The van der Waals surface area contributed by atoms with Crippen molar-refractivity contribution >= 4 is 5.82 Å². The molecule has 0 radical (unpaired) electrons. The van der Waals surface area contributed by atoms with Crippen molar-refractivity contribution in [3.05, 3.63) is 22.9 Å². The lowest BCUT2D eigenvalue weighted by Gasteiger charge is -2.37. The van der Waals surface area contributed by atoms with Gasteiger partial charge in [0.25, 0.3) is 0 Å². The lowest BCUT2D eigenvalue weighted by Crippen LogP contribution is -2.40. The summed E-state index contributed by atoms with van der Waals surface area (Å²) >= 11 is 0. The summed E-state index contributed by atoms with van der Waals surface area (Å²) in [6.07, 6.45) is 4.91. The molecule has 0 saturated carbocycles. The lowest BCUT2D eigenvalue weighted by atomic mass is 9.91. The van der Waals surface area contributed by atoms with Gasteiger partial charge in [-0.1, -0.05) is 13.8 Å². The SMILES string of the molecule is CC1CC(C)CN(c2nc3c(cc2CN)CCC3)C1. The molecule has 2 aliphatic rings. The first-order valence-corrected chi connectivity index (χ1v) is 7.64. The van der Waals surface area contributed by atoms with E-state index in [1.165, 1.54) is 41.9 Å². The quantitative estimate of drug-likeness (QED) is 0.887. The third-order valence-electron chi connectivity index (χ3n) is 4.50. The van der Waals surface area contributed by atoms with Crippen molar-refractivity contribution in [2.24, 2.45) is 17.6 Å². The van der Waals surface area contributed by atoms with Crippen LogP contribution >= 0.6 is 0 Å². The molecule has 3 nitrogen and oxygen atoms in total. The van der Waals surface area contributed by atoms with E-state index in [4.69, 9.17) is 10.7 Å². The molecule has 2 atom stereocenters. The van der Waals surface area contributed by atoms with Gasteiger partial charge in [0.15, 0.2) is 0 Å². The molecule has 0 spiro atoms. The number of fused-ring (bicyclic) bond motifs is 1. The second-order valence-electron chi connectivity index (χ2n) is 6.49. The van der Waals surface area contributed by atoms with Crippen LogP contribution in [0, 0.1) is 11.8 Å². The largest absolute Gasteiger partial charge is 0.356 e. The highest BCUT2D eigenvalue weighted by molar-refractivity contribution is 5.51. The van der Waals surface area contributed by atoms with E-state index in [9.17, 15) is 0 Å². The van der Waals surface area contributed by atoms with Crippen molar-refractivity contribution < 1.29 is 0 Å². The number of aromatic nitrogens is 1. The van der Waals surface area contributed by atoms with E-state index in [1.54, 1.807) is 0 Å². The predicted molar refractivity (Wildman–Crippen MR) is 79.3 cm³/mol. The summed E-state index contributed by atoms with van der Waals surface area (Å²) in [5, 5.41) is 0. The van der Waals surface area contributed by atoms with Gasteiger partial charge in [-0.15, -0.1) is 0 Å². The van der Waals surface area contributed by atoms with E-state index >= 15 is 0 Å². The van der Waals surface area contributed by atoms with E-state index in [-0.39, 0.29) is 0 Å². The van der Waals surface area contributed by atoms with Gasteiger partial charge in [-0.05, 0) is 49.1 Å². The molecule has 2 N–H and O–H groups in total. The van der Waals surface area contributed by atoms with Gasteiger partial charge in [0.05, 0.1) is 0 Å². The molecule has 0 aromatic carbocycles. The van der Waals surface area contributed by atoms with Gasteiger partial charge < -0.3 is 10.6 Å². The Bertz CT molecular complexity index is 459. The van der Waals surface area contributed by atoms with Gasteiger partial charge in [-0.25, -0.2) is 4.98 Å². The number of anilines is 1. The van der Waals surface area contributed by atoms with Crippen LogP contribution in [0.25, 0.3) is 0 Å². The fraction of sp³-hybridized carbons (Fsp3) is 0.688. The van der Waals surface area contributed by atoms with E-state index in [2.05, 4.69) is 24.8 Å². The van der Waals surface area contributed by atoms with Crippen molar-refractivity contribution in [2.45, 2.75) is 46.1 Å². The van der Waals surface area contributed by atoms with Crippen LogP contribution in [0.1, 0.15) is 43.5 Å². The van der Waals surface area contributed by atoms with E-state index < -0.39 is 0 Å². The van der Waals surface area contributed by atoms with Crippen LogP contribution in [-0.2, 0) is 19.4 Å². The molecule has 1 saturated heterocycles. The molecule has 3 rings (SSSR count). The van der Waals surface area contributed by atoms with E-state index in [0.717, 1.165) is 31.3 Å². The topological polar surface area (TPSA) is 42.2 Å². The number of nitrogens with two attached hydrogens (primary N) is 1. The second kappa shape index (κ2) is 5.12. The Morgan fingerprint density at radius 3 is 2.68 bits per heavy atom. The highest BCUT2D eigenvalue weighted by atomic mass is 15.2. The zero-order valence-corrected chi connectivity index (χ0v) is 12.2. The summed E-state index contributed by atoms with van der Waals surface area (Å²) < 4.78 is 0. The highest BCUT2D eigenvalue weighted by Gasteiger charge is 2.26. The number of piperidine rings is 1. The van der Waals surface area contributed by atoms with Crippen molar-refractivity contribution in [2.75, 3.05) is 18.0 Å². The van der Waals surface area contributed by atoms with Crippen molar-refractivity contribution in [3.63, 3.8) is 0 Å². The van der Waals surface area contributed by atoms with Crippen LogP contribution in [0.4, 0.5) is 5.82 Å². The summed E-state index contributed by atoms with van der Waals surface area (Å²) in [7, 11) is 0. The molecular weight excluding hydrogens is 234 g/mol. The standard InChI is InChI=1S/C16H25N3/c1-11-6-12(2)10-19(9-11)16-14(8-17)7-13-4-3-5-15(13)18-16/h7,11-12H,3-6,8-10,17H2,1-2H3. The second-order valence-corrected chi connectivity index (χ2v) is 6.49. The molecule has 0 amide bonds. The van der Waals surface area contributed by atoms with Crippen LogP contribution in [-0.4, -0.2) is 18.1 Å². The highest BCUT2D eigenvalue weighted by Crippen LogP contribution is 2.31. The summed E-state index contributed by atoms with van der Waals surface area (Å²) in [5.74, 6) is 2.68. The number of hydrogen-bond acceptors (Lipinski definition) is 3. The number of hydrogen-bond donors (Lipinski definition) is 1. The zero-order chi connectivity index (χ0) is 13.4. The van der Waals surface area contributed by atoms with Gasteiger partial charge in [0, 0.05) is 30.9 Å². The average molecular weight is 259 g/mol. The van der Waals surface area contributed by atoms with Crippen molar-refractivity contribution in [1.29, 1.82) is 0 Å². The molecule has 2 unspecified atom stereocenters. The molecular formula is C16H25N3. The molecule has 0 bridgehead atoms. The predicted octanol–water partition coefficient (Wildman–Crippen LogP) is 2.51. The van der Waals surface area contributed by atoms with Gasteiger partial charge in [0.1, 0.15) is 5.82 Å². The van der Waals surface area contributed by atoms with Crippen LogP contribution < -0.4 is 10.6 Å². The van der Waals surface area contributed by atoms with Crippen molar-refractivity contribution in [1.82, 2.24) is 4.98 Å². The summed E-state index contributed by atoms with van der Waals surface area (Å²) in [6, 6.07) is 2.31. The molecule has 2 heterocycles. The first kappa shape index (κ1) is 12.9. The molecule has 104 valence electrons. The van der Waals surface area contributed by atoms with Crippen LogP contribution in [0.5, 0.6) is 0 Å². The minimum atomic E-state index is 0.606. The van der Waals surface area contributed by atoms with Crippen molar-refractivity contribution in [3.8, 4) is 0 Å². The Labute approximate surface area is 116 Å². The molecule has 1 aliphatic heterocycles. The fourth-order valence-corrected chi connectivity index (χ4v) is 3.77. The number of aryl methyl sites for hydroxylation is 2. The Morgan fingerprint density at radius 2 is 2.00 bits per heavy atom. The number of rotatable bonds is 2. The summed E-state index contributed by atoms with van der Waals surface area (Å²) in [6.45, 7) is 7.55. The molecule has 1 aromatic heterocycles. The maximum Gasteiger partial charge on any atom is 0.133 e. The lowest BCUT2D eigenvalue weighted by molar-refractivity contribution is 0.355. The Kier molecular flexibility index (Phi) is 3.48. The zero-order valence-electron chi connectivity index (χ0n) is 12.2. The molecule has 1 fully saturated rings. The normalized spacial score (nSPS) is 26.6. The van der Waals surface area contributed by atoms with E-state index in [0.29, 0.717) is 6.54 Å². The van der Waals surface area contributed by atoms with E-state index in [1.807, 2.05) is 0 Å². The van der Waals surface area contributed by atoms with Gasteiger partial charge >= 0.3 is 0 Å². The van der Waals surface area contributed by atoms with Gasteiger partial charge in [0.2, 0.25) is 0 Å². The first-order chi connectivity index (χ1) is 9.17. The smallest absolute Gasteiger partial charge is 0.133 e. The maximum atomic E-state index is 5.95. The summed E-state index contributed by atoms with van der Waals surface area (Å²) in [5.41, 5.74) is 9.94. The maximum absolute atomic E-state index is 5.95. The minimum Gasteiger partial charge on any atom is -0.356 e. The van der Waals surface area contributed by atoms with Crippen LogP contribution in [0.3, 0.4) is 0 Å². The Hall–Kier alpha value is -1.09. The van der Waals surface area contributed by atoms with Crippen LogP contribution in [0.2, 0.25) is 0 Å². The minimum absolute atomic E-state index is 0.606. The third kappa shape index (κ3) is 2.48. The number of nitrogens with zero attached hydrogens (tertiary/aromatic N) is 2. The van der Waals surface area contributed by atoms with Gasteiger partial charge in [-0.3, -0.25) is 0 Å². The fourth-order valence-electron chi connectivity index (χ4n) is 3.77. The average Bonchev–Trinajstić information content (AvgIpc) is 2.83. The number of pyridine rings is 1. The monoisotopic (exact) mass is 259 g/mol. The summed E-state index contributed by atoms with van der Waals surface area (Å²) in [4.78, 5) is 7.43. The first-order valence-electron chi connectivity index (χ1n) is 7.64. The molecule has 1 aromatic rings. The van der Waals surface area contributed by atoms with Crippen LogP contribution in [0.15, 0.2) is 6.07 Å². The third-order valence-corrected chi connectivity index (χ3v) is 4.50. The van der Waals surface area contributed by atoms with Gasteiger partial charge in [-0.2, -0.15) is 0 Å². The molecule has 3 heteroatoms. The Balaban J connectivity index is 1.94. The molecule has 19 heavy (non-hydrogen) atoms. The Morgan fingerprint density at radius 1 is 1.26 bits per heavy atom. The molecule has 1 aliphatic carbocycles.